The van der Waals surface area contributed by atoms with Gasteiger partial charge in [0.1, 0.15) is 18.5 Å². The van der Waals surface area contributed by atoms with E-state index in [4.69, 9.17) is 26.1 Å². The van der Waals surface area contributed by atoms with Gasteiger partial charge >= 0.3 is 5.97 Å². The first-order valence-electron chi connectivity index (χ1n) is 9.60. The lowest BCUT2D eigenvalue weighted by Gasteiger charge is -2.25. The molecule has 0 fully saturated rings. The number of carbonyl (C=O) groups is 1. The predicted octanol–water partition coefficient (Wildman–Crippen LogP) is 4.67. The summed E-state index contributed by atoms with van der Waals surface area (Å²) < 4.78 is 13.2. The van der Waals surface area contributed by atoms with E-state index in [1.54, 1.807) is 6.92 Å². The fourth-order valence-electron chi connectivity index (χ4n) is 3.58. The van der Waals surface area contributed by atoms with E-state index in [0.29, 0.717) is 19.1 Å². The van der Waals surface area contributed by atoms with E-state index in [2.05, 4.69) is 18.4 Å². The number of aryl methyl sites for hydroxylation is 1. The number of benzene rings is 1. The number of aromatic nitrogens is 2. The summed E-state index contributed by atoms with van der Waals surface area (Å²) in [5.74, 6) is 1.03. The highest BCUT2D eigenvalue weighted by Gasteiger charge is 2.30. The van der Waals surface area contributed by atoms with Crippen LogP contribution in [0.25, 0.3) is 0 Å². The van der Waals surface area contributed by atoms with Crippen molar-refractivity contribution < 1.29 is 14.3 Å². The van der Waals surface area contributed by atoms with Crippen molar-refractivity contribution in [3.05, 3.63) is 52.1 Å². The lowest BCUT2D eigenvalue weighted by molar-refractivity contribution is -0.151. The Morgan fingerprint density at radius 3 is 2.74 bits per heavy atom. The molecule has 6 heteroatoms. The minimum Gasteiger partial charge on any atom is -0.464 e. The average Bonchev–Trinajstić information content (AvgIpc) is 3.01. The minimum absolute atomic E-state index is 0.0267. The molecule has 0 radical (unpaired) electrons. The van der Waals surface area contributed by atoms with Gasteiger partial charge in [0.05, 0.1) is 18.0 Å². The highest BCUT2D eigenvalue weighted by molar-refractivity contribution is 6.30. The van der Waals surface area contributed by atoms with E-state index in [0.717, 1.165) is 47.1 Å². The molecular formula is C21H27ClN2O3. The summed E-state index contributed by atoms with van der Waals surface area (Å²) in [5, 5.41) is 0.728. The molecule has 0 saturated carbocycles. The van der Waals surface area contributed by atoms with Crippen LogP contribution in [-0.2, 0) is 27.2 Å². The molecule has 1 aliphatic carbocycles. The third-order valence-electron chi connectivity index (χ3n) is 4.78. The van der Waals surface area contributed by atoms with Gasteiger partial charge < -0.3 is 14.0 Å². The Morgan fingerprint density at radius 1 is 1.33 bits per heavy atom. The topological polar surface area (TPSA) is 53.4 Å². The molecule has 0 amide bonds. The molecule has 1 aromatic carbocycles. The van der Waals surface area contributed by atoms with Crippen LogP contribution in [0.5, 0.6) is 0 Å². The molecule has 27 heavy (non-hydrogen) atoms. The standard InChI is InChI=1S/C21H27ClN2O3/c1-4-26-19(25)13-27-18-7-5-6-17-20(18)24(21(23-17)14(2)3)12-15-8-10-16(22)11-9-15/h8-11,14,18H,4-7,12-13H2,1-3H3. The van der Waals surface area contributed by atoms with Crippen molar-refractivity contribution >= 4 is 17.6 Å². The summed E-state index contributed by atoms with van der Waals surface area (Å²) in [5.41, 5.74) is 3.35. The van der Waals surface area contributed by atoms with Crippen LogP contribution in [0.3, 0.4) is 0 Å². The SMILES string of the molecule is CCOC(=O)COC1CCCc2nc(C(C)C)n(Cc3ccc(Cl)cc3)c21. The van der Waals surface area contributed by atoms with Gasteiger partial charge in [-0.05, 0) is 43.9 Å². The Hall–Kier alpha value is -1.85. The number of nitrogens with zero attached hydrogens (tertiary/aromatic N) is 2. The minimum atomic E-state index is -0.322. The lowest BCUT2D eigenvalue weighted by Crippen LogP contribution is -2.22. The zero-order valence-corrected chi connectivity index (χ0v) is 17.0. The number of hydrogen-bond donors (Lipinski definition) is 0. The van der Waals surface area contributed by atoms with Crippen LogP contribution < -0.4 is 0 Å². The predicted molar refractivity (Wildman–Crippen MR) is 105 cm³/mol. The number of carbonyl (C=O) groups excluding carboxylic acids is 1. The molecule has 0 bridgehead atoms. The van der Waals surface area contributed by atoms with Crippen LogP contribution in [-0.4, -0.2) is 28.7 Å². The van der Waals surface area contributed by atoms with Crippen LogP contribution in [0.2, 0.25) is 5.02 Å². The van der Waals surface area contributed by atoms with Gasteiger partial charge in [0.25, 0.3) is 0 Å². The number of esters is 1. The van der Waals surface area contributed by atoms with Gasteiger partial charge in [-0.25, -0.2) is 9.78 Å². The monoisotopic (exact) mass is 390 g/mol. The Morgan fingerprint density at radius 2 is 2.07 bits per heavy atom. The molecule has 1 unspecified atom stereocenters. The summed E-state index contributed by atoms with van der Waals surface area (Å²) in [6, 6.07) is 7.89. The van der Waals surface area contributed by atoms with E-state index < -0.39 is 0 Å². The Kier molecular flexibility index (Phi) is 6.55. The molecule has 1 atom stereocenters. The Bertz CT molecular complexity index is 783. The van der Waals surface area contributed by atoms with E-state index in [9.17, 15) is 4.79 Å². The van der Waals surface area contributed by atoms with Gasteiger partial charge in [0.15, 0.2) is 0 Å². The molecule has 1 heterocycles. The third kappa shape index (κ3) is 4.71. The normalized spacial score (nSPS) is 16.4. The summed E-state index contributed by atoms with van der Waals surface area (Å²) in [6.45, 7) is 7.16. The smallest absolute Gasteiger partial charge is 0.332 e. The van der Waals surface area contributed by atoms with Gasteiger partial charge in [-0.1, -0.05) is 37.6 Å². The summed E-state index contributed by atoms with van der Waals surface area (Å²) in [6.07, 6.45) is 2.71. The van der Waals surface area contributed by atoms with Crippen molar-refractivity contribution in [2.75, 3.05) is 13.2 Å². The maximum absolute atomic E-state index is 11.7. The van der Waals surface area contributed by atoms with Crippen LogP contribution in [0.15, 0.2) is 24.3 Å². The largest absolute Gasteiger partial charge is 0.464 e. The molecule has 2 aromatic rings. The Labute approximate surface area is 165 Å². The van der Waals surface area contributed by atoms with Crippen molar-refractivity contribution in [2.45, 2.75) is 58.6 Å². The summed E-state index contributed by atoms with van der Waals surface area (Å²) in [4.78, 5) is 16.7. The second kappa shape index (κ2) is 8.89. The second-order valence-corrected chi connectivity index (χ2v) is 7.60. The van der Waals surface area contributed by atoms with Gasteiger partial charge in [0, 0.05) is 17.5 Å². The number of ether oxygens (including phenoxy) is 2. The molecule has 146 valence electrons. The molecule has 1 aliphatic rings. The van der Waals surface area contributed by atoms with E-state index in [1.807, 2.05) is 24.3 Å². The molecule has 5 nitrogen and oxygen atoms in total. The fraction of sp³-hybridized carbons (Fsp3) is 0.524. The van der Waals surface area contributed by atoms with Crippen molar-refractivity contribution in [1.29, 1.82) is 0 Å². The molecule has 0 aliphatic heterocycles. The third-order valence-corrected chi connectivity index (χ3v) is 5.03. The zero-order valence-electron chi connectivity index (χ0n) is 16.2. The highest BCUT2D eigenvalue weighted by atomic mass is 35.5. The number of fused-ring (bicyclic) bond motifs is 1. The van der Waals surface area contributed by atoms with Gasteiger partial charge in [0.2, 0.25) is 0 Å². The van der Waals surface area contributed by atoms with Crippen LogP contribution in [0.4, 0.5) is 0 Å². The number of rotatable bonds is 7. The van der Waals surface area contributed by atoms with E-state index in [1.165, 1.54) is 0 Å². The first kappa shape index (κ1) is 19.9. The van der Waals surface area contributed by atoms with E-state index in [-0.39, 0.29) is 18.7 Å². The van der Waals surface area contributed by atoms with Crippen LogP contribution in [0, 0.1) is 0 Å². The maximum Gasteiger partial charge on any atom is 0.332 e. The molecule has 1 aromatic heterocycles. The molecular weight excluding hydrogens is 364 g/mol. The maximum atomic E-state index is 11.7. The van der Waals surface area contributed by atoms with Crippen molar-refractivity contribution in [1.82, 2.24) is 9.55 Å². The Balaban J connectivity index is 1.90. The summed E-state index contributed by atoms with van der Waals surface area (Å²) in [7, 11) is 0. The van der Waals surface area contributed by atoms with Gasteiger partial charge in [-0.15, -0.1) is 0 Å². The van der Waals surface area contributed by atoms with Gasteiger partial charge in [-0.3, -0.25) is 0 Å². The van der Waals surface area contributed by atoms with Crippen LogP contribution >= 0.6 is 11.6 Å². The van der Waals surface area contributed by atoms with Crippen molar-refractivity contribution in [2.24, 2.45) is 0 Å². The molecule has 0 spiro atoms. The second-order valence-electron chi connectivity index (χ2n) is 7.17. The zero-order chi connectivity index (χ0) is 19.4. The average molecular weight is 391 g/mol. The fourth-order valence-corrected chi connectivity index (χ4v) is 3.71. The number of imidazole rings is 1. The summed E-state index contributed by atoms with van der Waals surface area (Å²) >= 11 is 6.03. The highest BCUT2D eigenvalue weighted by Crippen LogP contribution is 2.35. The van der Waals surface area contributed by atoms with Crippen LogP contribution in [0.1, 0.15) is 68.4 Å². The van der Waals surface area contributed by atoms with E-state index >= 15 is 0 Å². The number of halogens is 1. The first-order valence-corrected chi connectivity index (χ1v) is 9.98. The molecule has 0 saturated heterocycles. The number of hydrogen-bond acceptors (Lipinski definition) is 4. The van der Waals surface area contributed by atoms with Crippen molar-refractivity contribution in [3.8, 4) is 0 Å². The quantitative estimate of drug-likeness (QED) is 0.645. The first-order chi connectivity index (χ1) is 13.0. The lowest BCUT2D eigenvalue weighted by atomic mass is 9.98. The molecule has 0 N–H and O–H groups in total. The van der Waals surface area contributed by atoms with Crippen molar-refractivity contribution in [3.63, 3.8) is 0 Å². The molecule has 3 rings (SSSR count). The van der Waals surface area contributed by atoms with Gasteiger partial charge in [-0.2, -0.15) is 0 Å².